The molecule has 30 heavy (non-hydrogen) atoms. The van der Waals surface area contributed by atoms with Crippen LogP contribution in [0.5, 0.6) is 0 Å². The number of carbonyl (C=O) groups is 1. The fraction of sp³-hybridized carbons (Fsp3) is 0.273. The highest BCUT2D eigenvalue weighted by Gasteiger charge is 2.43. The molecule has 5 nitrogen and oxygen atoms in total. The van der Waals surface area contributed by atoms with Gasteiger partial charge in [0, 0.05) is 31.6 Å². The summed E-state index contributed by atoms with van der Waals surface area (Å²) < 4.78 is 33.7. The Morgan fingerprint density at radius 2 is 1.80 bits per heavy atom. The second kappa shape index (κ2) is 8.71. The Morgan fingerprint density at radius 1 is 1.17 bits per heavy atom. The van der Waals surface area contributed by atoms with Crippen LogP contribution in [0, 0.1) is 11.6 Å². The number of allylic oxidation sites excluding steroid dienone is 1. The van der Waals surface area contributed by atoms with Crippen LogP contribution < -0.4 is 0 Å². The number of benzene rings is 2. The maximum Gasteiger partial charge on any atom is 0.275 e. The number of amides is 1. The Hall–Kier alpha value is -2.49. The molecule has 0 spiro atoms. The first-order chi connectivity index (χ1) is 14.5. The van der Waals surface area contributed by atoms with Gasteiger partial charge in [-0.05, 0) is 42.3 Å². The molecule has 0 aromatic heterocycles. The van der Waals surface area contributed by atoms with Gasteiger partial charge in [-0.15, -0.1) is 0 Å². The average Bonchev–Trinajstić information content (AvgIpc) is 2.75. The van der Waals surface area contributed by atoms with Crippen molar-refractivity contribution >= 4 is 35.1 Å². The van der Waals surface area contributed by atoms with Crippen molar-refractivity contribution in [1.29, 1.82) is 0 Å². The van der Waals surface area contributed by atoms with Crippen molar-refractivity contribution in [3.63, 3.8) is 0 Å². The van der Waals surface area contributed by atoms with Gasteiger partial charge in [0.2, 0.25) is 0 Å². The van der Waals surface area contributed by atoms with Crippen molar-refractivity contribution < 1.29 is 16.6 Å². The Labute approximate surface area is 187 Å². The van der Waals surface area contributed by atoms with Crippen LogP contribution in [0.2, 0.25) is 0 Å². The summed E-state index contributed by atoms with van der Waals surface area (Å²) in [6.45, 7) is 2.77. The van der Waals surface area contributed by atoms with Crippen LogP contribution in [0.15, 0.2) is 65.1 Å². The predicted molar refractivity (Wildman–Crippen MR) is 118 cm³/mol. The van der Waals surface area contributed by atoms with Gasteiger partial charge < -0.3 is 7.97 Å². The van der Waals surface area contributed by atoms with Gasteiger partial charge in [0.1, 0.15) is 17.4 Å². The van der Waals surface area contributed by atoms with Gasteiger partial charge in [-0.2, -0.15) is 5.10 Å². The molecule has 1 unspecified atom stereocenters. The number of hydrazone groups is 1. The lowest BCUT2D eigenvalue weighted by atomic mass is 9.83. The second-order valence-electron chi connectivity index (χ2n) is 7.19. The number of piperazine rings is 1. The summed E-state index contributed by atoms with van der Waals surface area (Å²) in [5.41, 5.74) is 1.75. The van der Waals surface area contributed by atoms with Crippen molar-refractivity contribution in [2.75, 3.05) is 13.1 Å². The molecule has 0 aliphatic carbocycles. The van der Waals surface area contributed by atoms with E-state index >= 15 is 0 Å². The van der Waals surface area contributed by atoms with Crippen LogP contribution in [0.1, 0.15) is 30.4 Å². The van der Waals surface area contributed by atoms with E-state index in [0.29, 0.717) is 42.1 Å². The fourth-order valence-electron chi connectivity index (χ4n) is 4.12. The molecule has 2 aliphatic rings. The molecular formula is C22H20F2IN3O2. The minimum absolute atomic E-state index is 0.158. The third-order valence-corrected chi connectivity index (χ3v) is 5.99. The minimum Gasteiger partial charge on any atom is -0.429 e. The number of carbonyl (C=O) groups excluding carboxylic acids is 1. The Morgan fingerprint density at radius 3 is 2.33 bits per heavy atom. The van der Waals surface area contributed by atoms with E-state index in [1.165, 1.54) is 24.3 Å². The highest BCUT2D eigenvalue weighted by Crippen LogP contribution is 2.39. The lowest BCUT2D eigenvalue weighted by molar-refractivity contribution is -0.133. The Balaban J connectivity index is 1.89. The van der Waals surface area contributed by atoms with Gasteiger partial charge in [0.25, 0.3) is 5.91 Å². The monoisotopic (exact) mass is 523 g/mol. The van der Waals surface area contributed by atoms with E-state index in [1.54, 1.807) is 51.3 Å². The Bertz CT molecular complexity index is 981. The van der Waals surface area contributed by atoms with E-state index in [1.807, 2.05) is 19.1 Å². The molecule has 1 saturated heterocycles. The van der Waals surface area contributed by atoms with Crippen LogP contribution in [0.4, 0.5) is 8.78 Å². The predicted octanol–water partition coefficient (Wildman–Crippen LogP) is 4.60. The van der Waals surface area contributed by atoms with E-state index in [0.717, 1.165) is 0 Å². The van der Waals surface area contributed by atoms with Gasteiger partial charge in [-0.3, -0.25) is 9.80 Å². The summed E-state index contributed by atoms with van der Waals surface area (Å²) in [5.74, 6) is -0.797. The van der Waals surface area contributed by atoms with E-state index in [-0.39, 0.29) is 23.6 Å². The molecule has 2 aromatic carbocycles. The first-order valence-electron chi connectivity index (χ1n) is 9.67. The summed E-state index contributed by atoms with van der Waals surface area (Å²) in [5, 5.41) is 6.16. The highest BCUT2D eigenvalue weighted by atomic mass is 127. The molecule has 2 aromatic rings. The summed E-state index contributed by atoms with van der Waals surface area (Å²) in [4.78, 5) is 14.8. The molecule has 1 fully saturated rings. The third-order valence-electron chi connectivity index (χ3n) is 5.46. The third kappa shape index (κ3) is 3.80. The summed E-state index contributed by atoms with van der Waals surface area (Å²) in [6, 6.07) is 12.2. The number of likely N-dealkylation sites (N-methyl/N-ethyl adjacent to an activating group) is 1. The molecule has 2 aliphatic heterocycles. The van der Waals surface area contributed by atoms with Gasteiger partial charge in [0.15, 0.2) is 28.7 Å². The van der Waals surface area contributed by atoms with Crippen molar-refractivity contribution in [3.8, 4) is 0 Å². The molecule has 1 amide bonds. The van der Waals surface area contributed by atoms with Crippen molar-refractivity contribution in [2.24, 2.45) is 5.10 Å². The number of nitrogens with zero attached hydrogens (tertiary/aromatic N) is 3. The van der Waals surface area contributed by atoms with Crippen molar-refractivity contribution in [3.05, 3.63) is 82.7 Å². The molecule has 4 rings (SSSR count). The van der Waals surface area contributed by atoms with E-state index in [2.05, 4.69) is 5.10 Å². The lowest BCUT2D eigenvalue weighted by Crippen LogP contribution is -2.56. The van der Waals surface area contributed by atoms with Gasteiger partial charge in [-0.1, -0.05) is 24.3 Å². The molecule has 0 bridgehead atoms. The molecule has 0 saturated carbocycles. The number of fused-ring (bicyclic) bond motifs is 1. The topological polar surface area (TPSA) is 45.1 Å². The maximum absolute atomic E-state index is 14.1. The highest BCUT2D eigenvalue weighted by molar-refractivity contribution is 14.1. The van der Waals surface area contributed by atoms with Crippen LogP contribution in [0.25, 0.3) is 0 Å². The van der Waals surface area contributed by atoms with E-state index < -0.39 is 5.92 Å². The second-order valence-corrected chi connectivity index (χ2v) is 7.63. The molecule has 2 heterocycles. The molecule has 0 N–H and O–H groups in total. The zero-order chi connectivity index (χ0) is 21.3. The van der Waals surface area contributed by atoms with Gasteiger partial charge >= 0.3 is 0 Å². The number of hydrogen-bond donors (Lipinski definition) is 0. The molecule has 1 atom stereocenters. The standard InChI is InChI=1S/C22H20F2IN3O2/c1-2-27-13-18(28-21(22(27)29)19(30-25)9-10-26-28)20(14-5-3-7-16(23)11-14)15-6-4-8-17(24)12-15/h3-8,10-12,18,20H,2,9,13H2,1H3. The summed E-state index contributed by atoms with van der Waals surface area (Å²) in [7, 11) is 0. The normalized spacial score (nSPS) is 18.8. The van der Waals surface area contributed by atoms with Crippen LogP contribution >= 0.6 is 23.0 Å². The Kier molecular flexibility index (Phi) is 6.03. The maximum atomic E-state index is 14.1. The van der Waals surface area contributed by atoms with E-state index in [9.17, 15) is 13.6 Å². The minimum atomic E-state index is -0.417. The average molecular weight is 523 g/mol. The van der Waals surface area contributed by atoms with Gasteiger partial charge in [-0.25, -0.2) is 8.78 Å². The molecule has 0 radical (unpaired) electrons. The zero-order valence-corrected chi connectivity index (χ0v) is 18.4. The van der Waals surface area contributed by atoms with Gasteiger partial charge in [0.05, 0.1) is 6.04 Å². The zero-order valence-electron chi connectivity index (χ0n) is 16.3. The quantitative estimate of drug-likeness (QED) is 0.539. The van der Waals surface area contributed by atoms with Crippen LogP contribution in [0.3, 0.4) is 0 Å². The smallest absolute Gasteiger partial charge is 0.275 e. The largest absolute Gasteiger partial charge is 0.429 e. The SMILES string of the molecule is CCN1CC(C(c2cccc(F)c2)c2cccc(F)c2)N2N=CCC(OI)=C2C1=O. The number of hydrogen-bond acceptors (Lipinski definition) is 4. The molecule has 8 heteroatoms. The van der Waals surface area contributed by atoms with Crippen molar-refractivity contribution in [1.82, 2.24) is 9.91 Å². The fourth-order valence-corrected chi connectivity index (χ4v) is 4.51. The number of halogens is 3. The first kappa shape index (κ1) is 20.8. The summed E-state index contributed by atoms with van der Waals surface area (Å²) in [6.07, 6.45) is 2.10. The van der Waals surface area contributed by atoms with E-state index in [4.69, 9.17) is 3.07 Å². The lowest BCUT2D eigenvalue weighted by Gasteiger charge is -2.45. The molecule has 156 valence electrons. The van der Waals surface area contributed by atoms with Crippen molar-refractivity contribution in [2.45, 2.75) is 25.3 Å². The first-order valence-corrected chi connectivity index (χ1v) is 10.5. The van der Waals surface area contributed by atoms with Crippen LogP contribution in [-0.2, 0) is 7.86 Å². The molecular weight excluding hydrogens is 503 g/mol. The van der Waals surface area contributed by atoms with Crippen LogP contribution in [-0.4, -0.2) is 41.2 Å². The summed E-state index contributed by atoms with van der Waals surface area (Å²) >= 11 is 1.76. The number of rotatable bonds is 5.